The maximum atomic E-state index is 10.8. The molecule has 0 saturated carbocycles. The topological polar surface area (TPSA) is 83.7 Å². The van der Waals surface area contributed by atoms with Gasteiger partial charge in [-0.05, 0) is 12.1 Å². The van der Waals surface area contributed by atoms with Crippen molar-refractivity contribution in [1.82, 2.24) is 10.6 Å². The lowest BCUT2D eigenvalue weighted by Crippen LogP contribution is -2.26. The van der Waals surface area contributed by atoms with E-state index in [1.807, 2.05) is 6.07 Å². The Kier molecular flexibility index (Phi) is 2.49. The minimum Gasteiger partial charge on any atom is -0.469 e. The van der Waals surface area contributed by atoms with Crippen molar-refractivity contribution in [3.05, 3.63) is 24.2 Å². The molecule has 6 heteroatoms. The predicted octanol–water partition coefficient (Wildman–Crippen LogP) is -0.576. The molecule has 0 radical (unpaired) electrons. The fourth-order valence-corrected chi connectivity index (χ4v) is 1.17. The molecule has 1 fully saturated rings. The number of guanidine groups is 1. The van der Waals surface area contributed by atoms with E-state index in [1.54, 1.807) is 12.3 Å². The highest BCUT2D eigenvalue weighted by atomic mass is 16.3. The van der Waals surface area contributed by atoms with Crippen LogP contribution in [0.1, 0.15) is 5.76 Å². The molecule has 0 aliphatic carbocycles. The van der Waals surface area contributed by atoms with Gasteiger partial charge in [-0.1, -0.05) is 0 Å². The van der Waals surface area contributed by atoms with Crippen LogP contribution in [0, 0.1) is 0 Å². The smallest absolute Gasteiger partial charge is 0.316 e. The summed E-state index contributed by atoms with van der Waals surface area (Å²) in [7, 11) is 0. The van der Waals surface area contributed by atoms with Crippen molar-refractivity contribution in [2.75, 3.05) is 6.54 Å². The molecule has 15 heavy (non-hydrogen) atoms. The quantitative estimate of drug-likeness (QED) is 0.650. The van der Waals surface area contributed by atoms with Crippen molar-refractivity contribution >= 4 is 17.8 Å². The van der Waals surface area contributed by atoms with Gasteiger partial charge in [-0.2, -0.15) is 0 Å². The molecule has 2 N–H and O–H groups in total. The zero-order valence-electron chi connectivity index (χ0n) is 7.82. The summed E-state index contributed by atoms with van der Waals surface area (Å²) in [4.78, 5) is 25.5. The first-order chi connectivity index (χ1) is 7.25. The van der Waals surface area contributed by atoms with Crippen molar-refractivity contribution in [2.24, 2.45) is 4.99 Å². The van der Waals surface area contributed by atoms with Gasteiger partial charge < -0.3 is 4.42 Å². The van der Waals surface area contributed by atoms with Gasteiger partial charge in [0.05, 0.1) is 6.26 Å². The molecule has 1 aromatic rings. The van der Waals surface area contributed by atoms with E-state index in [-0.39, 0.29) is 5.96 Å². The Morgan fingerprint density at radius 1 is 1.27 bits per heavy atom. The number of furan rings is 1. The number of aliphatic imine (C=N–C) groups is 1. The maximum Gasteiger partial charge on any atom is 0.316 e. The first-order valence-electron chi connectivity index (χ1n) is 4.45. The zero-order valence-corrected chi connectivity index (χ0v) is 7.82. The number of hydrogen-bond donors (Lipinski definition) is 2. The first-order valence-corrected chi connectivity index (χ1v) is 4.45. The van der Waals surface area contributed by atoms with Gasteiger partial charge in [-0.15, -0.1) is 0 Å². The summed E-state index contributed by atoms with van der Waals surface area (Å²) >= 11 is 0. The molecule has 1 aliphatic rings. The van der Waals surface area contributed by atoms with Gasteiger partial charge in [0.15, 0.2) is 0 Å². The Balaban J connectivity index is 1.85. The van der Waals surface area contributed by atoms with Crippen LogP contribution in [0.3, 0.4) is 0 Å². The zero-order chi connectivity index (χ0) is 10.7. The lowest BCUT2D eigenvalue weighted by atomic mass is 10.3. The summed E-state index contributed by atoms with van der Waals surface area (Å²) in [5, 5.41) is 4.61. The number of rotatable bonds is 3. The standard InChI is InChI=1S/C9H9N3O3/c13-7-8(14)12-9(11-7)10-4-3-6-2-1-5-15-6/h1-2,5H,3-4H2,(H2,10,11,12,13,14). The molecule has 0 aromatic carbocycles. The molecule has 0 bridgehead atoms. The second kappa shape index (κ2) is 3.95. The summed E-state index contributed by atoms with van der Waals surface area (Å²) in [5.41, 5.74) is 0. The Bertz CT molecular complexity index is 390. The van der Waals surface area contributed by atoms with Crippen LogP contribution in [0.5, 0.6) is 0 Å². The van der Waals surface area contributed by atoms with Crippen LogP contribution in [0.15, 0.2) is 27.8 Å². The molecule has 0 unspecified atom stereocenters. The minimum absolute atomic E-state index is 0.205. The number of carbonyl (C=O) groups is 2. The number of hydrogen-bond acceptors (Lipinski definition) is 4. The van der Waals surface area contributed by atoms with E-state index in [2.05, 4.69) is 15.6 Å². The van der Waals surface area contributed by atoms with Gasteiger partial charge in [0.1, 0.15) is 5.76 Å². The van der Waals surface area contributed by atoms with Crippen LogP contribution in [0.4, 0.5) is 0 Å². The molecular weight excluding hydrogens is 198 g/mol. The summed E-state index contributed by atoms with van der Waals surface area (Å²) in [6, 6.07) is 3.63. The monoisotopic (exact) mass is 207 g/mol. The molecule has 2 amide bonds. The summed E-state index contributed by atoms with van der Waals surface area (Å²) < 4.78 is 5.10. The number of amides is 2. The highest BCUT2D eigenvalue weighted by molar-refractivity contribution is 6.45. The largest absolute Gasteiger partial charge is 0.469 e. The fraction of sp³-hybridized carbons (Fsp3) is 0.222. The molecule has 78 valence electrons. The molecule has 6 nitrogen and oxygen atoms in total. The van der Waals surface area contributed by atoms with E-state index in [4.69, 9.17) is 4.42 Å². The molecule has 2 rings (SSSR count). The molecule has 1 aromatic heterocycles. The first kappa shape index (κ1) is 9.45. The number of carbonyl (C=O) groups excluding carboxylic acids is 2. The average molecular weight is 207 g/mol. The van der Waals surface area contributed by atoms with Gasteiger partial charge in [0.25, 0.3) is 0 Å². The third-order valence-corrected chi connectivity index (χ3v) is 1.88. The van der Waals surface area contributed by atoms with E-state index in [0.29, 0.717) is 13.0 Å². The van der Waals surface area contributed by atoms with Gasteiger partial charge in [-0.25, -0.2) is 0 Å². The van der Waals surface area contributed by atoms with Crippen LogP contribution < -0.4 is 10.6 Å². The molecule has 2 heterocycles. The third-order valence-electron chi connectivity index (χ3n) is 1.88. The van der Waals surface area contributed by atoms with E-state index in [1.165, 1.54) is 0 Å². The molecule has 0 atom stereocenters. The van der Waals surface area contributed by atoms with Crippen molar-refractivity contribution in [3.8, 4) is 0 Å². The minimum atomic E-state index is -0.674. The van der Waals surface area contributed by atoms with Crippen molar-refractivity contribution in [1.29, 1.82) is 0 Å². The van der Waals surface area contributed by atoms with Gasteiger partial charge in [0, 0.05) is 13.0 Å². The van der Waals surface area contributed by atoms with Gasteiger partial charge in [-0.3, -0.25) is 25.2 Å². The van der Waals surface area contributed by atoms with Crippen molar-refractivity contribution in [3.63, 3.8) is 0 Å². The lowest BCUT2D eigenvalue weighted by molar-refractivity contribution is -0.135. The third kappa shape index (κ3) is 2.22. The van der Waals surface area contributed by atoms with E-state index >= 15 is 0 Å². The number of nitrogens with one attached hydrogen (secondary N) is 2. The van der Waals surface area contributed by atoms with Crippen LogP contribution in [-0.2, 0) is 16.0 Å². The Labute approximate surface area is 85.4 Å². The molecule has 1 saturated heterocycles. The Morgan fingerprint density at radius 2 is 2.00 bits per heavy atom. The Morgan fingerprint density at radius 3 is 2.60 bits per heavy atom. The van der Waals surface area contributed by atoms with Crippen LogP contribution in [-0.4, -0.2) is 24.3 Å². The highest BCUT2D eigenvalue weighted by Gasteiger charge is 2.24. The Hall–Kier alpha value is -2.11. The summed E-state index contributed by atoms with van der Waals surface area (Å²) in [6.07, 6.45) is 2.21. The van der Waals surface area contributed by atoms with Gasteiger partial charge >= 0.3 is 11.8 Å². The maximum absolute atomic E-state index is 10.8. The fourth-order valence-electron chi connectivity index (χ4n) is 1.17. The van der Waals surface area contributed by atoms with Crippen LogP contribution >= 0.6 is 0 Å². The second-order valence-corrected chi connectivity index (χ2v) is 2.97. The molecule has 1 aliphatic heterocycles. The average Bonchev–Trinajstić information content (AvgIpc) is 2.79. The normalized spacial score (nSPS) is 15.1. The van der Waals surface area contributed by atoms with Crippen molar-refractivity contribution in [2.45, 2.75) is 6.42 Å². The van der Waals surface area contributed by atoms with Gasteiger partial charge in [0.2, 0.25) is 5.96 Å². The van der Waals surface area contributed by atoms with E-state index in [9.17, 15) is 9.59 Å². The predicted molar refractivity (Wildman–Crippen MR) is 51.0 cm³/mol. The molecule has 0 spiro atoms. The van der Waals surface area contributed by atoms with Crippen LogP contribution in [0.25, 0.3) is 0 Å². The second-order valence-electron chi connectivity index (χ2n) is 2.97. The molecular formula is C9H9N3O3. The number of nitrogens with zero attached hydrogens (tertiary/aromatic N) is 1. The highest BCUT2D eigenvalue weighted by Crippen LogP contribution is 2.00. The van der Waals surface area contributed by atoms with E-state index < -0.39 is 11.8 Å². The van der Waals surface area contributed by atoms with E-state index in [0.717, 1.165) is 5.76 Å². The summed E-state index contributed by atoms with van der Waals surface area (Å²) in [6.45, 7) is 0.448. The summed E-state index contributed by atoms with van der Waals surface area (Å²) in [5.74, 6) is -0.329. The van der Waals surface area contributed by atoms with Crippen molar-refractivity contribution < 1.29 is 14.0 Å². The van der Waals surface area contributed by atoms with Crippen LogP contribution in [0.2, 0.25) is 0 Å². The SMILES string of the molecule is O=C1NC(=NCCc2ccco2)NC1=O. The lowest BCUT2D eigenvalue weighted by Gasteiger charge is -1.95.